The van der Waals surface area contributed by atoms with E-state index in [-0.39, 0.29) is 5.91 Å². The maximum atomic E-state index is 11.1. The summed E-state index contributed by atoms with van der Waals surface area (Å²) in [5.41, 5.74) is 3.26. The molecule has 1 aromatic heterocycles. The Hall–Kier alpha value is -3.61. The minimum absolute atomic E-state index is 0.106. The first kappa shape index (κ1) is 18.2. The molecule has 7 heteroatoms. The summed E-state index contributed by atoms with van der Waals surface area (Å²) >= 11 is 0. The van der Waals surface area contributed by atoms with E-state index in [1.54, 1.807) is 7.11 Å². The normalized spacial score (nSPS) is 10.2. The smallest absolute Gasteiger partial charge is 0.229 e. The van der Waals surface area contributed by atoms with Crippen molar-refractivity contribution < 1.29 is 9.53 Å². The predicted molar refractivity (Wildman–Crippen MR) is 107 cm³/mol. The number of carbonyl (C=O) groups excluding carboxylic acids is 1. The number of carbonyl (C=O) groups is 1. The second kappa shape index (κ2) is 8.18. The minimum Gasteiger partial charge on any atom is -0.497 e. The van der Waals surface area contributed by atoms with Crippen molar-refractivity contribution in [2.75, 3.05) is 23.1 Å². The molecule has 0 aliphatic rings. The van der Waals surface area contributed by atoms with Crippen molar-refractivity contribution in [2.24, 2.45) is 0 Å². The summed E-state index contributed by atoms with van der Waals surface area (Å²) in [7, 11) is 1.63. The van der Waals surface area contributed by atoms with Gasteiger partial charge in [0.25, 0.3) is 0 Å². The number of aryl methyl sites for hydroxylation is 1. The van der Waals surface area contributed by atoms with E-state index in [2.05, 4.69) is 25.9 Å². The topological polar surface area (TPSA) is 88.2 Å². The molecule has 138 valence electrons. The van der Waals surface area contributed by atoms with Crippen LogP contribution in [0.2, 0.25) is 0 Å². The van der Waals surface area contributed by atoms with Crippen LogP contribution in [0.15, 0.2) is 54.6 Å². The van der Waals surface area contributed by atoms with Crippen molar-refractivity contribution in [2.45, 2.75) is 13.8 Å². The lowest BCUT2D eigenvalue weighted by molar-refractivity contribution is -0.114. The van der Waals surface area contributed by atoms with Crippen molar-refractivity contribution in [3.63, 3.8) is 0 Å². The molecule has 0 aliphatic heterocycles. The van der Waals surface area contributed by atoms with Gasteiger partial charge in [-0.1, -0.05) is 6.07 Å². The molecule has 0 aliphatic carbocycles. The van der Waals surface area contributed by atoms with Gasteiger partial charge in [0, 0.05) is 41.8 Å². The van der Waals surface area contributed by atoms with Gasteiger partial charge in [0.2, 0.25) is 11.9 Å². The van der Waals surface area contributed by atoms with Crippen LogP contribution in [0.5, 0.6) is 5.75 Å². The van der Waals surface area contributed by atoms with Gasteiger partial charge in [-0.3, -0.25) is 4.79 Å². The molecular formula is C20H21N5O2. The number of anilines is 5. The lowest BCUT2D eigenvalue weighted by atomic mass is 10.3. The number of amides is 1. The number of aromatic nitrogens is 2. The molecule has 1 amide bonds. The standard InChI is InChI=1S/C20H21N5O2/c1-13-11-19(23-17-5-4-6-18(12-17)27-3)25-20(21-13)24-16-9-7-15(8-10-16)22-14(2)26/h4-12H,1-3H3,(H,22,26)(H2,21,23,24,25). The zero-order valence-electron chi connectivity index (χ0n) is 15.4. The van der Waals surface area contributed by atoms with Crippen LogP contribution in [-0.2, 0) is 4.79 Å². The summed E-state index contributed by atoms with van der Waals surface area (Å²) in [6.45, 7) is 3.38. The molecule has 0 atom stereocenters. The monoisotopic (exact) mass is 363 g/mol. The summed E-state index contributed by atoms with van der Waals surface area (Å²) in [5, 5.41) is 9.16. The molecule has 2 aromatic carbocycles. The van der Waals surface area contributed by atoms with E-state index in [0.717, 1.165) is 28.5 Å². The van der Waals surface area contributed by atoms with Crippen LogP contribution in [0.1, 0.15) is 12.6 Å². The number of nitrogens with one attached hydrogen (secondary N) is 3. The number of nitrogens with zero attached hydrogens (tertiary/aromatic N) is 2. The van der Waals surface area contributed by atoms with Crippen molar-refractivity contribution in [3.8, 4) is 5.75 Å². The first-order valence-corrected chi connectivity index (χ1v) is 8.43. The SMILES string of the molecule is COc1cccc(Nc2cc(C)nc(Nc3ccc(NC(C)=O)cc3)n2)c1. The highest BCUT2D eigenvalue weighted by Gasteiger charge is 2.05. The number of benzene rings is 2. The van der Waals surface area contributed by atoms with Gasteiger partial charge in [-0.15, -0.1) is 0 Å². The highest BCUT2D eigenvalue weighted by atomic mass is 16.5. The van der Waals surface area contributed by atoms with E-state index in [0.29, 0.717) is 11.8 Å². The van der Waals surface area contributed by atoms with E-state index in [1.807, 2.05) is 61.5 Å². The average molecular weight is 363 g/mol. The van der Waals surface area contributed by atoms with Crippen LogP contribution in [0, 0.1) is 6.92 Å². The van der Waals surface area contributed by atoms with Crippen LogP contribution in [0.25, 0.3) is 0 Å². The van der Waals surface area contributed by atoms with E-state index < -0.39 is 0 Å². The molecule has 1 heterocycles. The highest BCUT2D eigenvalue weighted by molar-refractivity contribution is 5.88. The van der Waals surface area contributed by atoms with Gasteiger partial charge in [-0.05, 0) is 43.3 Å². The lowest BCUT2D eigenvalue weighted by Gasteiger charge is -2.11. The van der Waals surface area contributed by atoms with Crippen LogP contribution < -0.4 is 20.7 Å². The molecular weight excluding hydrogens is 342 g/mol. The molecule has 0 fully saturated rings. The van der Waals surface area contributed by atoms with Crippen LogP contribution >= 0.6 is 0 Å². The van der Waals surface area contributed by atoms with Crippen LogP contribution in [-0.4, -0.2) is 23.0 Å². The average Bonchev–Trinajstić information content (AvgIpc) is 2.62. The molecule has 0 saturated carbocycles. The van der Waals surface area contributed by atoms with Crippen molar-refractivity contribution in [1.82, 2.24) is 9.97 Å². The van der Waals surface area contributed by atoms with Crippen LogP contribution in [0.3, 0.4) is 0 Å². The Labute approximate surface area is 157 Å². The molecule has 0 unspecified atom stereocenters. The third kappa shape index (κ3) is 5.18. The first-order valence-electron chi connectivity index (χ1n) is 8.43. The van der Waals surface area contributed by atoms with Gasteiger partial charge in [-0.25, -0.2) is 4.98 Å². The van der Waals surface area contributed by atoms with Gasteiger partial charge in [0.05, 0.1) is 7.11 Å². The van der Waals surface area contributed by atoms with Crippen molar-refractivity contribution in [1.29, 1.82) is 0 Å². The zero-order chi connectivity index (χ0) is 19.2. The lowest BCUT2D eigenvalue weighted by Crippen LogP contribution is -2.06. The highest BCUT2D eigenvalue weighted by Crippen LogP contribution is 2.22. The zero-order valence-corrected chi connectivity index (χ0v) is 15.4. The van der Waals surface area contributed by atoms with Gasteiger partial charge in [0.15, 0.2) is 0 Å². The second-order valence-electron chi connectivity index (χ2n) is 5.96. The number of hydrogen-bond acceptors (Lipinski definition) is 6. The Kier molecular flexibility index (Phi) is 5.51. The molecule has 0 radical (unpaired) electrons. The Morgan fingerprint density at radius 2 is 1.67 bits per heavy atom. The molecule has 0 bridgehead atoms. The Morgan fingerprint density at radius 3 is 2.37 bits per heavy atom. The second-order valence-corrected chi connectivity index (χ2v) is 5.96. The predicted octanol–water partition coefficient (Wildman–Crippen LogP) is 4.24. The summed E-state index contributed by atoms with van der Waals surface area (Å²) < 4.78 is 5.24. The van der Waals surface area contributed by atoms with E-state index in [1.165, 1.54) is 6.92 Å². The van der Waals surface area contributed by atoms with Crippen molar-refractivity contribution >= 4 is 34.7 Å². The summed E-state index contributed by atoms with van der Waals surface area (Å²) in [6.07, 6.45) is 0. The van der Waals surface area contributed by atoms with Gasteiger partial charge in [-0.2, -0.15) is 4.98 Å². The van der Waals surface area contributed by atoms with Gasteiger partial charge >= 0.3 is 0 Å². The number of ether oxygens (including phenoxy) is 1. The number of rotatable bonds is 6. The minimum atomic E-state index is -0.106. The molecule has 7 nitrogen and oxygen atoms in total. The summed E-state index contributed by atoms with van der Waals surface area (Å²) in [4.78, 5) is 20.0. The fourth-order valence-electron chi connectivity index (χ4n) is 2.51. The third-order valence-electron chi connectivity index (χ3n) is 3.66. The molecule has 0 saturated heterocycles. The van der Waals surface area contributed by atoms with Gasteiger partial charge < -0.3 is 20.7 Å². The van der Waals surface area contributed by atoms with E-state index in [4.69, 9.17) is 4.74 Å². The first-order chi connectivity index (χ1) is 13.0. The fraction of sp³-hybridized carbons (Fsp3) is 0.150. The molecule has 3 rings (SSSR count). The fourth-order valence-corrected chi connectivity index (χ4v) is 2.51. The maximum Gasteiger partial charge on any atom is 0.229 e. The molecule has 3 N–H and O–H groups in total. The molecule has 27 heavy (non-hydrogen) atoms. The van der Waals surface area contributed by atoms with E-state index >= 15 is 0 Å². The Morgan fingerprint density at radius 1 is 0.926 bits per heavy atom. The summed E-state index contributed by atoms with van der Waals surface area (Å²) in [6, 6.07) is 16.8. The largest absolute Gasteiger partial charge is 0.497 e. The van der Waals surface area contributed by atoms with Crippen LogP contribution in [0.4, 0.5) is 28.8 Å². The number of methoxy groups -OCH3 is 1. The quantitative estimate of drug-likeness (QED) is 0.607. The van der Waals surface area contributed by atoms with Crippen molar-refractivity contribution in [3.05, 3.63) is 60.3 Å². The Bertz CT molecular complexity index is 941. The Balaban J connectivity index is 1.75. The summed E-state index contributed by atoms with van der Waals surface area (Å²) in [5.74, 6) is 1.81. The third-order valence-corrected chi connectivity index (χ3v) is 3.66. The molecule has 3 aromatic rings. The van der Waals surface area contributed by atoms with E-state index in [9.17, 15) is 4.79 Å². The molecule has 0 spiro atoms. The number of hydrogen-bond donors (Lipinski definition) is 3. The van der Waals surface area contributed by atoms with Gasteiger partial charge in [0.1, 0.15) is 11.6 Å². The maximum absolute atomic E-state index is 11.1.